The minimum absolute atomic E-state index is 0.287. The van der Waals surface area contributed by atoms with E-state index < -0.39 is 6.41 Å². The Morgan fingerprint density at radius 2 is 1.76 bits per heavy atom. The number of likely N-dealkylation sites (tertiary alicyclic amines) is 1. The van der Waals surface area contributed by atoms with Crippen LogP contribution in [0.2, 0.25) is 0 Å². The van der Waals surface area contributed by atoms with Crippen molar-refractivity contribution in [3.05, 3.63) is 0 Å². The number of aliphatic hydroxyl groups excluding tert-OH is 1. The molecular formula is C13H26N2O2. The molecule has 2 N–H and O–H groups in total. The zero-order valence-corrected chi connectivity index (χ0v) is 11.4. The van der Waals surface area contributed by atoms with E-state index in [9.17, 15) is 5.11 Å². The number of hydrogen-bond donors (Lipinski definition) is 2. The van der Waals surface area contributed by atoms with Crippen molar-refractivity contribution in [2.45, 2.75) is 51.7 Å². The van der Waals surface area contributed by atoms with E-state index in [4.69, 9.17) is 4.74 Å². The summed E-state index contributed by atoms with van der Waals surface area (Å²) in [6.07, 6.45) is 1.73. The molecular weight excluding hydrogens is 216 g/mol. The van der Waals surface area contributed by atoms with Crippen molar-refractivity contribution in [3.63, 3.8) is 0 Å². The Morgan fingerprint density at radius 3 is 2.18 bits per heavy atom. The molecule has 0 amide bonds. The van der Waals surface area contributed by atoms with Crippen molar-refractivity contribution in [2.75, 3.05) is 20.1 Å². The first-order valence-electron chi connectivity index (χ1n) is 6.66. The summed E-state index contributed by atoms with van der Waals surface area (Å²) in [5, 5.41) is 13.4. The maximum absolute atomic E-state index is 10.1. The number of nitrogens with one attached hydrogen (secondary N) is 1. The van der Waals surface area contributed by atoms with Crippen molar-refractivity contribution in [1.82, 2.24) is 10.2 Å². The highest BCUT2D eigenvalue weighted by Crippen LogP contribution is 2.38. The molecule has 4 nitrogen and oxygen atoms in total. The first-order chi connectivity index (χ1) is 7.89. The quantitative estimate of drug-likeness (QED) is 0.725. The van der Waals surface area contributed by atoms with E-state index >= 15 is 0 Å². The Balaban J connectivity index is 1.84. The molecule has 0 aromatic rings. The van der Waals surface area contributed by atoms with Crippen molar-refractivity contribution in [2.24, 2.45) is 11.8 Å². The van der Waals surface area contributed by atoms with Crippen molar-refractivity contribution < 1.29 is 9.84 Å². The minimum Gasteiger partial charge on any atom is -0.356 e. The van der Waals surface area contributed by atoms with Gasteiger partial charge in [0.15, 0.2) is 0 Å². The standard InChI is InChI=1S/C13H26N2O2/c1-13(2,3)17-12(16)15-7-9-5-11(14-4)6-10(9)8-15/h9-12,14,16H,5-8H2,1-4H3/t9-,10+,11?,12?. The smallest absolute Gasteiger partial charge is 0.216 e. The minimum atomic E-state index is -0.742. The van der Waals surface area contributed by atoms with Gasteiger partial charge in [0, 0.05) is 19.1 Å². The van der Waals surface area contributed by atoms with Crippen molar-refractivity contribution in [3.8, 4) is 0 Å². The second-order valence-electron chi connectivity index (χ2n) is 6.49. The van der Waals surface area contributed by atoms with Gasteiger partial charge in [-0.3, -0.25) is 4.90 Å². The Labute approximate surface area is 104 Å². The van der Waals surface area contributed by atoms with Gasteiger partial charge in [0.2, 0.25) is 6.41 Å². The molecule has 2 aliphatic rings. The van der Waals surface area contributed by atoms with Gasteiger partial charge in [-0.15, -0.1) is 0 Å². The molecule has 1 aliphatic heterocycles. The molecule has 0 bridgehead atoms. The molecule has 0 aromatic carbocycles. The summed E-state index contributed by atoms with van der Waals surface area (Å²) in [5.41, 5.74) is -0.287. The van der Waals surface area contributed by atoms with Crippen LogP contribution >= 0.6 is 0 Å². The third kappa shape index (κ3) is 3.19. The number of nitrogens with zero attached hydrogens (tertiary/aromatic N) is 1. The normalized spacial score (nSPS) is 36.2. The van der Waals surface area contributed by atoms with Gasteiger partial charge >= 0.3 is 0 Å². The van der Waals surface area contributed by atoms with Crippen LogP contribution in [-0.2, 0) is 4.74 Å². The average Bonchev–Trinajstić information content (AvgIpc) is 2.70. The Bertz CT molecular complexity index is 251. The molecule has 1 saturated heterocycles. The van der Waals surface area contributed by atoms with Crippen LogP contribution in [0.4, 0.5) is 0 Å². The number of hydrogen-bond acceptors (Lipinski definition) is 4. The lowest BCUT2D eigenvalue weighted by atomic mass is 10.0. The summed E-state index contributed by atoms with van der Waals surface area (Å²) in [6.45, 7) is 7.87. The van der Waals surface area contributed by atoms with E-state index in [1.54, 1.807) is 0 Å². The second kappa shape index (κ2) is 4.84. The summed E-state index contributed by atoms with van der Waals surface area (Å²) in [5.74, 6) is 1.45. The molecule has 0 radical (unpaired) electrons. The number of fused-ring (bicyclic) bond motifs is 1. The van der Waals surface area contributed by atoms with Crippen LogP contribution in [-0.4, -0.2) is 48.2 Å². The highest BCUT2D eigenvalue weighted by atomic mass is 16.6. The predicted molar refractivity (Wildman–Crippen MR) is 67.5 cm³/mol. The van der Waals surface area contributed by atoms with Crippen LogP contribution in [0.25, 0.3) is 0 Å². The fourth-order valence-corrected chi connectivity index (χ4v) is 3.14. The predicted octanol–water partition coefficient (Wildman–Crippen LogP) is 1.01. The van der Waals surface area contributed by atoms with Gasteiger partial charge < -0.3 is 15.2 Å². The first-order valence-corrected chi connectivity index (χ1v) is 6.66. The second-order valence-corrected chi connectivity index (χ2v) is 6.49. The first kappa shape index (κ1) is 13.3. The fraction of sp³-hybridized carbons (Fsp3) is 1.00. The van der Waals surface area contributed by atoms with Crippen LogP contribution in [0, 0.1) is 11.8 Å². The SMILES string of the molecule is CNC1C[C@@H]2CN(C(O)OC(C)(C)C)C[C@@H]2C1. The molecule has 100 valence electrons. The van der Waals surface area contributed by atoms with Gasteiger partial charge in [0.05, 0.1) is 5.60 Å². The van der Waals surface area contributed by atoms with Gasteiger partial charge in [-0.2, -0.15) is 0 Å². The molecule has 17 heavy (non-hydrogen) atoms. The molecule has 2 fully saturated rings. The zero-order chi connectivity index (χ0) is 12.6. The molecule has 0 aromatic heterocycles. The van der Waals surface area contributed by atoms with E-state index in [1.165, 1.54) is 12.8 Å². The summed E-state index contributed by atoms with van der Waals surface area (Å²) in [6, 6.07) is 0.674. The monoisotopic (exact) mass is 242 g/mol. The van der Waals surface area contributed by atoms with Crippen LogP contribution in [0.3, 0.4) is 0 Å². The lowest BCUT2D eigenvalue weighted by molar-refractivity contribution is -0.235. The van der Waals surface area contributed by atoms with Crippen molar-refractivity contribution in [1.29, 1.82) is 0 Å². The van der Waals surface area contributed by atoms with Crippen LogP contribution < -0.4 is 5.32 Å². The zero-order valence-electron chi connectivity index (χ0n) is 11.4. The molecule has 1 heterocycles. The molecule has 1 saturated carbocycles. The van der Waals surface area contributed by atoms with Crippen LogP contribution in [0.1, 0.15) is 33.6 Å². The average molecular weight is 242 g/mol. The van der Waals surface area contributed by atoms with Crippen molar-refractivity contribution >= 4 is 0 Å². The van der Waals surface area contributed by atoms with E-state index in [1.807, 2.05) is 27.8 Å². The fourth-order valence-electron chi connectivity index (χ4n) is 3.14. The van der Waals surface area contributed by atoms with Gasteiger partial charge in [0.1, 0.15) is 0 Å². The van der Waals surface area contributed by atoms with E-state index in [0.717, 1.165) is 24.9 Å². The number of rotatable bonds is 3. The summed E-state index contributed by atoms with van der Waals surface area (Å²) in [7, 11) is 2.04. The van der Waals surface area contributed by atoms with Gasteiger partial charge in [-0.05, 0) is 52.5 Å². The molecule has 0 spiro atoms. The molecule has 2 rings (SSSR count). The summed E-state index contributed by atoms with van der Waals surface area (Å²) in [4.78, 5) is 2.08. The maximum atomic E-state index is 10.1. The Hall–Kier alpha value is -0.160. The van der Waals surface area contributed by atoms with Gasteiger partial charge in [-0.25, -0.2) is 0 Å². The summed E-state index contributed by atoms with van der Waals surface area (Å²) >= 11 is 0. The lowest BCUT2D eigenvalue weighted by Crippen LogP contribution is -2.41. The highest BCUT2D eigenvalue weighted by Gasteiger charge is 2.42. The van der Waals surface area contributed by atoms with E-state index in [-0.39, 0.29) is 5.60 Å². The number of aliphatic hydroxyl groups is 1. The molecule has 4 atom stereocenters. The van der Waals surface area contributed by atoms with E-state index in [2.05, 4.69) is 10.2 Å². The Morgan fingerprint density at radius 1 is 1.24 bits per heavy atom. The largest absolute Gasteiger partial charge is 0.356 e. The third-order valence-corrected chi connectivity index (χ3v) is 3.96. The number of ether oxygens (including phenoxy) is 1. The van der Waals surface area contributed by atoms with E-state index in [0.29, 0.717) is 6.04 Å². The topological polar surface area (TPSA) is 44.7 Å². The van der Waals surface area contributed by atoms with Crippen LogP contribution in [0.5, 0.6) is 0 Å². The molecule has 4 heteroatoms. The van der Waals surface area contributed by atoms with Crippen LogP contribution in [0.15, 0.2) is 0 Å². The highest BCUT2D eigenvalue weighted by molar-refractivity contribution is 4.94. The molecule has 1 aliphatic carbocycles. The third-order valence-electron chi connectivity index (χ3n) is 3.96. The van der Waals surface area contributed by atoms with Gasteiger partial charge in [-0.1, -0.05) is 0 Å². The Kier molecular flexibility index (Phi) is 3.78. The lowest BCUT2D eigenvalue weighted by Gasteiger charge is -2.30. The molecule has 2 unspecified atom stereocenters. The maximum Gasteiger partial charge on any atom is 0.216 e. The van der Waals surface area contributed by atoms with Gasteiger partial charge in [0.25, 0.3) is 0 Å². The summed E-state index contributed by atoms with van der Waals surface area (Å²) < 4.78 is 5.61.